The molecular formula is C12H25NO2. The van der Waals surface area contributed by atoms with Gasteiger partial charge >= 0.3 is 0 Å². The number of likely N-dealkylation sites (N-methyl/N-ethyl adjacent to an activating group) is 1. The minimum Gasteiger partial charge on any atom is -0.383 e. The molecule has 0 saturated carbocycles. The SMILES string of the molecule is COCC1CC(OC(C)C)CC(C)N1C. The van der Waals surface area contributed by atoms with Crippen molar-refractivity contribution in [1.29, 1.82) is 0 Å². The van der Waals surface area contributed by atoms with E-state index in [1.165, 1.54) is 0 Å². The van der Waals surface area contributed by atoms with Crippen LogP contribution in [0.2, 0.25) is 0 Å². The fraction of sp³-hybridized carbons (Fsp3) is 1.00. The number of rotatable bonds is 4. The van der Waals surface area contributed by atoms with Gasteiger partial charge in [0.05, 0.1) is 18.8 Å². The van der Waals surface area contributed by atoms with Crippen LogP contribution in [0.4, 0.5) is 0 Å². The maximum absolute atomic E-state index is 5.90. The monoisotopic (exact) mass is 215 g/mol. The highest BCUT2D eigenvalue weighted by atomic mass is 16.5. The lowest BCUT2D eigenvalue weighted by atomic mass is 9.95. The minimum absolute atomic E-state index is 0.328. The highest BCUT2D eigenvalue weighted by Gasteiger charge is 2.31. The molecule has 1 fully saturated rings. The van der Waals surface area contributed by atoms with Crippen LogP contribution in [-0.4, -0.2) is 50.0 Å². The Balaban J connectivity index is 2.50. The molecule has 0 aromatic carbocycles. The summed E-state index contributed by atoms with van der Waals surface area (Å²) in [7, 11) is 3.95. The summed E-state index contributed by atoms with van der Waals surface area (Å²) >= 11 is 0. The second kappa shape index (κ2) is 5.83. The summed E-state index contributed by atoms with van der Waals surface area (Å²) in [6.45, 7) is 7.28. The van der Waals surface area contributed by atoms with Crippen molar-refractivity contribution in [2.45, 2.75) is 57.9 Å². The van der Waals surface area contributed by atoms with Crippen molar-refractivity contribution < 1.29 is 9.47 Å². The maximum atomic E-state index is 5.90. The third-order valence-corrected chi connectivity index (χ3v) is 3.23. The lowest BCUT2D eigenvalue weighted by Crippen LogP contribution is -2.50. The number of ether oxygens (including phenoxy) is 2. The average molecular weight is 215 g/mol. The predicted molar refractivity (Wildman–Crippen MR) is 62.1 cm³/mol. The minimum atomic E-state index is 0.328. The maximum Gasteiger partial charge on any atom is 0.0619 e. The number of nitrogens with zero attached hydrogens (tertiary/aromatic N) is 1. The Labute approximate surface area is 93.7 Å². The van der Waals surface area contributed by atoms with Gasteiger partial charge in [-0.1, -0.05) is 0 Å². The van der Waals surface area contributed by atoms with Gasteiger partial charge in [0.2, 0.25) is 0 Å². The van der Waals surface area contributed by atoms with Gasteiger partial charge in [0.1, 0.15) is 0 Å². The van der Waals surface area contributed by atoms with Gasteiger partial charge in [0, 0.05) is 19.2 Å². The number of hydrogen-bond donors (Lipinski definition) is 0. The van der Waals surface area contributed by atoms with Crippen LogP contribution in [0, 0.1) is 0 Å². The van der Waals surface area contributed by atoms with E-state index < -0.39 is 0 Å². The van der Waals surface area contributed by atoms with Gasteiger partial charge in [-0.3, -0.25) is 4.90 Å². The number of likely N-dealkylation sites (tertiary alicyclic amines) is 1. The molecule has 3 heteroatoms. The molecule has 1 rings (SSSR count). The first-order valence-corrected chi connectivity index (χ1v) is 5.91. The Morgan fingerprint density at radius 1 is 1.33 bits per heavy atom. The molecule has 3 atom stereocenters. The lowest BCUT2D eigenvalue weighted by molar-refractivity contribution is -0.0670. The van der Waals surface area contributed by atoms with E-state index in [2.05, 4.69) is 32.7 Å². The molecule has 0 radical (unpaired) electrons. The fourth-order valence-electron chi connectivity index (χ4n) is 2.35. The van der Waals surface area contributed by atoms with Gasteiger partial charge < -0.3 is 9.47 Å². The first kappa shape index (κ1) is 12.9. The van der Waals surface area contributed by atoms with Crippen molar-refractivity contribution in [1.82, 2.24) is 4.90 Å². The van der Waals surface area contributed by atoms with Gasteiger partial charge in [-0.25, -0.2) is 0 Å². The zero-order valence-corrected chi connectivity index (χ0v) is 10.7. The molecule has 0 aromatic heterocycles. The fourth-order valence-corrected chi connectivity index (χ4v) is 2.35. The Kier molecular flexibility index (Phi) is 5.03. The van der Waals surface area contributed by atoms with E-state index in [1.807, 2.05) is 0 Å². The standard InChI is InChI=1S/C12H25NO2/c1-9(2)15-12-6-10(3)13(4)11(7-12)8-14-5/h9-12H,6-8H2,1-5H3. The molecule has 15 heavy (non-hydrogen) atoms. The Bertz CT molecular complexity index is 184. The molecule has 3 nitrogen and oxygen atoms in total. The summed E-state index contributed by atoms with van der Waals surface area (Å²) in [6.07, 6.45) is 2.95. The molecule has 1 saturated heterocycles. The molecule has 3 unspecified atom stereocenters. The van der Waals surface area contributed by atoms with Gasteiger partial charge in [-0.05, 0) is 40.7 Å². The second-order valence-corrected chi connectivity index (χ2v) is 4.90. The topological polar surface area (TPSA) is 21.7 Å². The first-order valence-electron chi connectivity index (χ1n) is 5.91. The van der Waals surface area contributed by atoms with Gasteiger partial charge in [-0.15, -0.1) is 0 Å². The number of piperidine rings is 1. The van der Waals surface area contributed by atoms with E-state index in [9.17, 15) is 0 Å². The van der Waals surface area contributed by atoms with Crippen molar-refractivity contribution in [3.8, 4) is 0 Å². The molecular weight excluding hydrogens is 190 g/mol. The van der Waals surface area contributed by atoms with Gasteiger partial charge in [-0.2, -0.15) is 0 Å². The van der Waals surface area contributed by atoms with Crippen LogP contribution in [-0.2, 0) is 9.47 Å². The molecule has 0 bridgehead atoms. The summed E-state index contributed by atoms with van der Waals surface area (Å²) in [5, 5.41) is 0. The summed E-state index contributed by atoms with van der Waals surface area (Å²) in [6, 6.07) is 1.09. The van der Waals surface area contributed by atoms with E-state index >= 15 is 0 Å². The van der Waals surface area contributed by atoms with Crippen LogP contribution in [0.5, 0.6) is 0 Å². The zero-order valence-electron chi connectivity index (χ0n) is 10.7. The van der Waals surface area contributed by atoms with Crippen LogP contribution in [0.15, 0.2) is 0 Å². The quantitative estimate of drug-likeness (QED) is 0.715. The molecule has 0 aliphatic carbocycles. The molecule has 0 spiro atoms. The molecule has 1 aliphatic rings. The molecule has 1 heterocycles. The van der Waals surface area contributed by atoms with E-state index in [-0.39, 0.29) is 0 Å². The van der Waals surface area contributed by atoms with Gasteiger partial charge in [0.15, 0.2) is 0 Å². The van der Waals surface area contributed by atoms with Crippen LogP contribution in [0.3, 0.4) is 0 Å². The average Bonchev–Trinajstić information content (AvgIpc) is 2.12. The second-order valence-electron chi connectivity index (χ2n) is 4.90. The Morgan fingerprint density at radius 2 is 2.00 bits per heavy atom. The molecule has 0 N–H and O–H groups in total. The van der Waals surface area contributed by atoms with Crippen LogP contribution in [0.1, 0.15) is 33.6 Å². The normalized spacial score (nSPS) is 33.6. The van der Waals surface area contributed by atoms with Crippen molar-refractivity contribution in [3.63, 3.8) is 0 Å². The highest BCUT2D eigenvalue weighted by molar-refractivity contribution is 4.85. The van der Waals surface area contributed by atoms with Crippen molar-refractivity contribution in [2.24, 2.45) is 0 Å². The van der Waals surface area contributed by atoms with Crippen LogP contribution in [0.25, 0.3) is 0 Å². The summed E-state index contributed by atoms with van der Waals surface area (Å²) < 4.78 is 11.2. The molecule has 0 aromatic rings. The highest BCUT2D eigenvalue weighted by Crippen LogP contribution is 2.24. The smallest absolute Gasteiger partial charge is 0.0619 e. The molecule has 90 valence electrons. The van der Waals surface area contributed by atoms with Crippen molar-refractivity contribution >= 4 is 0 Å². The van der Waals surface area contributed by atoms with Crippen LogP contribution >= 0.6 is 0 Å². The summed E-state index contributed by atoms with van der Waals surface area (Å²) in [5.74, 6) is 0. The van der Waals surface area contributed by atoms with Gasteiger partial charge in [0.25, 0.3) is 0 Å². The van der Waals surface area contributed by atoms with Crippen molar-refractivity contribution in [2.75, 3.05) is 20.8 Å². The third kappa shape index (κ3) is 3.74. The lowest BCUT2D eigenvalue weighted by Gasteiger charge is -2.41. The van der Waals surface area contributed by atoms with E-state index in [1.54, 1.807) is 7.11 Å². The summed E-state index contributed by atoms with van der Waals surface area (Å²) in [4.78, 5) is 2.41. The van der Waals surface area contributed by atoms with E-state index in [0.717, 1.165) is 19.4 Å². The molecule has 1 aliphatic heterocycles. The predicted octanol–water partition coefficient (Wildman–Crippen LogP) is 1.91. The largest absolute Gasteiger partial charge is 0.383 e. The number of hydrogen-bond acceptors (Lipinski definition) is 3. The third-order valence-electron chi connectivity index (χ3n) is 3.23. The van der Waals surface area contributed by atoms with E-state index in [0.29, 0.717) is 24.3 Å². The van der Waals surface area contributed by atoms with Crippen molar-refractivity contribution in [3.05, 3.63) is 0 Å². The van der Waals surface area contributed by atoms with Crippen LogP contribution < -0.4 is 0 Å². The first-order chi connectivity index (χ1) is 7.04. The Hall–Kier alpha value is -0.120. The summed E-state index contributed by atoms with van der Waals surface area (Å²) in [5.41, 5.74) is 0. The number of methoxy groups -OCH3 is 1. The van der Waals surface area contributed by atoms with E-state index in [4.69, 9.17) is 9.47 Å². The molecule has 0 amide bonds. The Morgan fingerprint density at radius 3 is 2.53 bits per heavy atom. The zero-order chi connectivity index (χ0) is 11.4.